The highest BCUT2D eigenvalue weighted by Gasteiger charge is 2.15. The SMILES string of the molecule is CCNCc1ccc(-c2c(OC)cccc2OC)o1. The molecule has 0 saturated heterocycles. The number of nitrogens with one attached hydrogen (secondary N) is 1. The third kappa shape index (κ3) is 2.90. The van der Waals surface area contributed by atoms with Crippen molar-refractivity contribution >= 4 is 0 Å². The summed E-state index contributed by atoms with van der Waals surface area (Å²) in [7, 11) is 3.28. The monoisotopic (exact) mass is 261 g/mol. The zero-order chi connectivity index (χ0) is 13.7. The molecule has 0 fully saturated rings. The van der Waals surface area contributed by atoms with Crippen LogP contribution in [0.3, 0.4) is 0 Å². The lowest BCUT2D eigenvalue weighted by Crippen LogP contribution is -2.10. The predicted molar refractivity (Wildman–Crippen MR) is 74.6 cm³/mol. The summed E-state index contributed by atoms with van der Waals surface area (Å²) in [5, 5.41) is 3.23. The Morgan fingerprint density at radius 2 is 1.74 bits per heavy atom. The van der Waals surface area contributed by atoms with Gasteiger partial charge < -0.3 is 19.2 Å². The summed E-state index contributed by atoms with van der Waals surface area (Å²) in [6.45, 7) is 3.69. The standard InChI is InChI=1S/C15H19NO3/c1-4-16-10-11-8-9-14(19-11)15-12(17-2)6-5-7-13(15)18-3/h5-9,16H,4,10H2,1-3H3. The van der Waals surface area contributed by atoms with Gasteiger partial charge in [0.2, 0.25) is 0 Å². The van der Waals surface area contributed by atoms with Crippen molar-refractivity contribution in [1.82, 2.24) is 5.32 Å². The van der Waals surface area contributed by atoms with Crippen LogP contribution >= 0.6 is 0 Å². The molecule has 0 bridgehead atoms. The van der Waals surface area contributed by atoms with Gasteiger partial charge in [-0.25, -0.2) is 0 Å². The van der Waals surface area contributed by atoms with Crippen molar-refractivity contribution in [3.63, 3.8) is 0 Å². The van der Waals surface area contributed by atoms with Gasteiger partial charge in [0.25, 0.3) is 0 Å². The second kappa shape index (κ2) is 6.29. The molecule has 4 nitrogen and oxygen atoms in total. The second-order valence-corrected chi connectivity index (χ2v) is 4.08. The first-order chi connectivity index (χ1) is 9.30. The second-order valence-electron chi connectivity index (χ2n) is 4.08. The van der Waals surface area contributed by atoms with Gasteiger partial charge in [-0.2, -0.15) is 0 Å². The number of furan rings is 1. The zero-order valence-corrected chi connectivity index (χ0v) is 11.5. The normalized spacial score (nSPS) is 10.5. The van der Waals surface area contributed by atoms with Crippen molar-refractivity contribution < 1.29 is 13.9 Å². The van der Waals surface area contributed by atoms with E-state index < -0.39 is 0 Å². The maximum absolute atomic E-state index is 5.83. The quantitative estimate of drug-likeness (QED) is 0.868. The van der Waals surface area contributed by atoms with Crippen molar-refractivity contribution in [2.24, 2.45) is 0 Å². The average Bonchev–Trinajstić information content (AvgIpc) is 2.92. The van der Waals surface area contributed by atoms with Crippen LogP contribution in [-0.4, -0.2) is 20.8 Å². The molecule has 0 saturated carbocycles. The Balaban J connectivity index is 2.37. The molecule has 0 atom stereocenters. The highest BCUT2D eigenvalue weighted by molar-refractivity contribution is 5.73. The minimum Gasteiger partial charge on any atom is -0.496 e. The molecule has 19 heavy (non-hydrogen) atoms. The molecule has 2 rings (SSSR count). The van der Waals surface area contributed by atoms with Gasteiger partial charge >= 0.3 is 0 Å². The van der Waals surface area contributed by atoms with Crippen LogP contribution in [0.1, 0.15) is 12.7 Å². The Bertz CT molecular complexity index is 512. The van der Waals surface area contributed by atoms with E-state index in [1.54, 1.807) is 14.2 Å². The third-order valence-corrected chi connectivity index (χ3v) is 2.89. The molecule has 0 radical (unpaired) electrons. The van der Waals surface area contributed by atoms with Crippen LogP contribution in [0.2, 0.25) is 0 Å². The molecule has 0 unspecified atom stereocenters. The number of ether oxygens (including phenoxy) is 2. The zero-order valence-electron chi connectivity index (χ0n) is 11.5. The molecule has 1 heterocycles. The van der Waals surface area contributed by atoms with Crippen LogP contribution in [0.15, 0.2) is 34.7 Å². The molecule has 0 aliphatic rings. The van der Waals surface area contributed by atoms with Crippen molar-refractivity contribution in [3.8, 4) is 22.8 Å². The first-order valence-corrected chi connectivity index (χ1v) is 6.31. The molecular formula is C15H19NO3. The van der Waals surface area contributed by atoms with E-state index in [1.807, 2.05) is 30.3 Å². The van der Waals surface area contributed by atoms with Gasteiger partial charge in [0.15, 0.2) is 0 Å². The lowest BCUT2D eigenvalue weighted by atomic mass is 10.1. The maximum atomic E-state index is 5.83. The fourth-order valence-corrected chi connectivity index (χ4v) is 1.95. The van der Waals surface area contributed by atoms with Gasteiger partial charge in [-0.05, 0) is 30.8 Å². The summed E-state index contributed by atoms with van der Waals surface area (Å²) in [5.74, 6) is 3.12. The van der Waals surface area contributed by atoms with Crippen molar-refractivity contribution in [1.29, 1.82) is 0 Å². The molecule has 0 spiro atoms. The molecule has 2 aromatic rings. The molecule has 1 N–H and O–H groups in total. The van der Waals surface area contributed by atoms with Crippen molar-refractivity contribution in [2.45, 2.75) is 13.5 Å². The van der Waals surface area contributed by atoms with E-state index in [9.17, 15) is 0 Å². The Kier molecular flexibility index (Phi) is 4.47. The molecule has 102 valence electrons. The molecule has 0 aliphatic carbocycles. The molecule has 1 aromatic carbocycles. The van der Waals surface area contributed by atoms with Gasteiger partial charge in [0.1, 0.15) is 28.6 Å². The Labute approximate surface area is 113 Å². The topological polar surface area (TPSA) is 43.6 Å². The number of methoxy groups -OCH3 is 2. The van der Waals surface area contributed by atoms with Crippen LogP contribution in [0.25, 0.3) is 11.3 Å². The maximum Gasteiger partial charge on any atom is 0.141 e. The minimum atomic E-state index is 0.716. The molecular weight excluding hydrogens is 242 g/mol. The average molecular weight is 261 g/mol. The fourth-order valence-electron chi connectivity index (χ4n) is 1.95. The number of rotatable bonds is 6. The largest absolute Gasteiger partial charge is 0.496 e. The summed E-state index contributed by atoms with van der Waals surface area (Å²) in [5.41, 5.74) is 0.843. The van der Waals surface area contributed by atoms with E-state index in [2.05, 4.69) is 12.2 Å². The Hall–Kier alpha value is -1.94. The van der Waals surface area contributed by atoms with Gasteiger partial charge in [-0.3, -0.25) is 0 Å². The summed E-state index contributed by atoms with van der Waals surface area (Å²) >= 11 is 0. The summed E-state index contributed by atoms with van der Waals surface area (Å²) in [4.78, 5) is 0. The lowest BCUT2D eigenvalue weighted by Gasteiger charge is -2.10. The van der Waals surface area contributed by atoms with E-state index in [1.165, 1.54) is 0 Å². The van der Waals surface area contributed by atoms with Crippen molar-refractivity contribution in [2.75, 3.05) is 20.8 Å². The first-order valence-electron chi connectivity index (χ1n) is 6.31. The first kappa shape index (κ1) is 13.5. The summed E-state index contributed by atoms with van der Waals surface area (Å²) in [6.07, 6.45) is 0. The summed E-state index contributed by atoms with van der Waals surface area (Å²) in [6, 6.07) is 9.58. The van der Waals surface area contributed by atoms with Crippen LogP contribution in [0, 0.1) is 0 Å². The predicted octanol–water partition coefficient (Wildman–Crippen LogP) is 3.07. The van der Waals surface area contributed by atoms with Crippen LogP contribution in [0.4, 0.5) is 0 Å². The van der Waals surface area contributed by atoms with Crippen LogP contribution in [-0.2, 0) is 6.54 Å². The molecule has 0 aliphatic heterocycles. The van der Waals surface area contributed by atoms with Gasteiger partial charge in [-0.1, -0.05) is 13.0 Å². The number of benzene rings is 1. The van der Waals surface area contributed by atoms with E-state index in [0.29, 0.717) is 6.54 Å². The van der Waals surface area contributed by atoms with Crippen molar-refractivity contribution in [3.05, 3.63) is 36.1 Å². The smallest absolute Gasteiger partial charge is 0.141 e. The van der Waals surface area contributed by atoms with E-state index in [-0.39, 0.29) is 0 Å². The fraction of sp³-hybridized carbons (Fsp3) is 0.333. The van der Waals surface area contributed by atoms with E-state index in [4.69, 9.17) is 13.9 Å². The summed E-state index contributed by atoms with van der Waals surface area (Å²) < 4.78 is 16.6. The van der Waals surface area contributed by atoms with Gasteiger partial charge in [0.05, 0.1) is 20.8 Å². The minimum absolute atomic E-state index is 0.716. The highest BCUT2D eigenvalue weighted by Crippen LogP contribution is 2.38. The Morgan fingerprint density at radius 1 is 1.05 bits per heavy atom. The highest BCUT2D eigenvalue weighted by atomic mass is 16.5. The molecule has 1 aromatic heterocycles. The molecule has 4 heteroatoms. The van der Waals surface area contributed by atoms with E-state index in [0.717, 1.165) is 35.1 Å². The van der Waals surface area contributed by atoms with Gasteiger partial charge in [-0.15, -0.1) is 0 Å². The third-order valence-electron chi connectivity index (χ3n) is 2.89. The Morgan fingerprint density at radius 3 is 2.32 bits per heavy atom. The molecule has 0 amide bonds. The lowest BCUT2D eigenvalue weighted by molar-refractivity contribution is 0.393. The van der Waals surface area contributed by atoms with Crippen LogP contribution in [0.5, 0.6) is 11.5 Å². The number of hydrogen-bond donors (Lipinski definition) is 1. The van der Waals surface area contributed by atoms with E-state index >= 15 is 0 Å². The van der Waals surface area contributed by atoms with Gasteiger partial charge in [0, 0.05) is 0 Å². The number of hydrogen-bond acceptors (Lipinski definition) is 4. The van der Waals surface area contributed by atoms with Crippen LogP contribution < -0.4 is 14.8 Å².